The fourth-order valence-electron chi connectivity index (χ4n) is 1.29. The highest BCUT2D eigenvalue weighted by Gasteiger charge is 2.38. The third-order valence-electron chi connectivity index (χ3n) is 1.97. The number of aromatic nitrogens is 2. The number of halogens is 4. The van der Waals surface area contributed by atoms with Crippen molar-refractivity contribution in [2.75, 3.05) is 11.4 Å². The van der Waals surface area contributed by atoms with Gasteiger partial charge in [0.1, 0.15) is 0 Å². The van der Waals surface area contributed by atoms with Gasteiger partial charge in [-0.2, -0.15) is 13.2 Å². The van der Waals surface area contributed by atoms with Gasteiger partial charge in [-0.3, -0.25) is 9.69 Å². The van der Waals surface area contributed by atoms with Gasteiger partial charge in [-0.15, -0.1) is 21.8 Å². The van der Waals surface area contributed by atoms with Gasteiger partial charge in [0.05, 0.1) is 5.38 Å². The molecule has 1 atom stereocenters. The molecule has 88 valence electrons. The first-order valence-corrected chi connectivity index (χ1v) is 5.48. The number of alkyl halides is 4. The fourth-order valence-corrected chi connectivity index (χ4v) is 2.30. The van der Waals surface area contributed by atoms with Crippen molar-refractivity contribution in [2.24, 2.45) is 0 Å². The van der Waals surface area contributed by atoms with Crippen LogP contribution in [-0.4, -0.2) is 28.0 Å². The molecule has 1 aromatic rings. The van der Waals surface area contributed by atoms with Gasteiger partial charge in [0, 0.05) is 13.0 Å². The van der Waals surface area contributed by atoms with E-state index in [0.717, 1.165) is 4.90 Å². The summed E-state index contributed by atoms with van der Waals surface area (Å²) >= 11 is 6.06. The van der Waals surface area contributed by atoms with Gasteiger partial charge >= 0.3 is 6.18 Å². The molecule has 2 heterocycles. The van der Waals surface area contributed by atoms with Crippen molar-refractivity contribution in [1.82, 2.24) is 10.2 Å². The number of hydrogen-bond donors (Lipinski definition) is 0. The van der Waals surface area contributed by atoms with Gasteiger partial charge in [-0.25, -0.2) is 0 Å². The van der Waals surface area contributed by atoms with Crippen molar-refractivity contribution < 1.29 is 18.0 Å². The Balaban J connectivity index is 2.23. The first-order chi connectivity index (χ1) is 7.38. The smallest absolute Gasteiger partial charge is 0.285 e. The number of carbonyl (C=O) groups is 1. The monoisotopic (exact) mass is 271 g/mol. The zero-order chi connectivity index (χ0) is 11.9. The van der Waals surface area contributed by atoms with Gasteiger partial charge in [0.15, 0.2) is 0 Å². The molecule has 0 radical (unpaired) electrons. The van der Waals surface area contributed by atoms with Crippen molar-refractivity contribution in [3.63, 3.8) is 0 Å². The summed E-state index contributed by atoms with van der Waals surface area (Å²) in [7, 11) is 0. The van der Waals surface area contributed by atoms with E-state index in [1.807, 2.05) is 0 Å². The Bertz CT molecular complexity index is 421. The second-order valence-corrected chi connectivity index (χ2v) is 4.77. The third kappa shape index (κ3) is 2.12. The van der Waals surface area contributed by atoms with Crippen LogP contribution in [0.4, 0.5) is 18.3 Å². The van der Waals surface area contributed by atoms with Gasteiger partial charge < -0.3 is 0 Å². The number of rotatable bonds is 1. The summed E-state index contributed by atoms with van der Waals surface area (Å²) in [5.41, 5.74) is 0. The number of anilines is 1. The lowest BCUT2D eigenvalue weighted by molar-refractivity contribution is -0.138. The molecular formula is C7H5ClF3N3OS. The van der Waals surface area contributed by atoms with Crippen molar-refractivity contribution in [2.45, 2.75) is 18.0 Å². The third-order valence-corrected chi connectivity index (χ3v) is 3.25. The highest BCUT2D eigenvalue weighted by atomic mass is 35.5. The van der Waals surface area contributed by atoms with Crippen LogP contribution in [0, 0.1) is 0 Å². The number of carbonyl (C=O) groups excluding carboxylic acids is 1. The molecule has 0 N–H and O–H groups in total. The highest BCUT2D eigenvalue weighted by Crippen LogP contribution is 2.35. The Morgan fingerprint density at radius 2 is 2.12 bits per heavy atom. The summed E-state index contributed by atoms with van der Waals surface area (Å²) in [6.07, 6.45) is -4.42. The van der Waals surface area contributed by atoms with Crippen molar-refractivity contribution in [3.8, 4) is 0 Å². The average Bonchev–Trinajstić information content (AvgIpc) is 2.70. The van der Waals surface area contributed by atoms with E-state index in [4.69, 9.17) is 11.6 Å². The van der Waals surface area contributed by atoms with E-state index in [9.17, 15) is 18.0 Å². The van der Waals surface area contributed by atoms with Gasteiger partial charge in [-0.05, 0) is 0 Å². The van der Waals surface area contributed by atoms with Crippen LogP contribution in [0.25, 0.3) is 0 Å². The maximum atomic E-state index is 12.2. The van der Waals surface area contributed by atoms with Crippen LogP contribution in [0.3, 0.4) is 0 Å². The first kappa shape index (κ1) is 11.6. The Hall–Kier alpha value is -0.890. The van der Waals surface area contributed by atoms with Crippen molar-refractivity contribution in [3.05, 3.63) is 5.01 Å². The summed E-state index contributed by atoms with van der Waals surface area (Å²) in [6.45, 7) is 0.173. The van der Waals surface area contributed by atoms with Crippen LogP contribution in [0.2, 0.25) is 0 Å². The van der Waals surface area contributed by atoms with Gasteiger partial charge in [0.2, 0.25) is 16.0 Å². The number of hydrogen-bond acceptors (Lipinski definition) is 4. The maximum absolute atomic E-state index is 12.2. The molecule has 9 heteroatoms. The molecule has 1 unspecified atom stereocenters. The molecule has 0 spiro atoms. The van der Waals surface area contributed by atoms with Crippen LogP contribution in [0.1, 0.15) is 11.4 Å². The molecule has 0 bridgehead atoms. The lowest BCUT2D eigenvalue weighted by Gasteiger charge is -2.09. The predicted octanol–water partition coefficient (Wildman–Crippen LogP) is 1.90. The number of amides is 1. The molecular weight excluding hydrogens is 267 g/mol. The van der Waals surface area contributed by atoms with E-state index >= 15 is 0 Å². The van der Waals surface area contributed by atoms with E-state index in [1.165, 1.54) is 0 Å². The van der Waals surface area contributed by atoms with Crippen LogP contribution < -0.4 is 4.90 Å². The van der Waals surface area contributed by atoms with Crippen LogP contribution in [0.5, 0.6) is 0 Å². The highest BCUT2D eigenvalue weighted by molar-refractivity contribution is 7.15. The van der Waals surface area contributed by atoms with Crippen LogP contribution in [0.15, 0.2) is 0 Å². The van der Waals surface area contributed by atoms with Crippen LogP contribution >= 0.6 is 22.9 Å². The molecule has 1 saturated heterocycles. The SMILES string of the molecule is O=C1CC(Cl)CN1c1nnc(C(F)(F)F)s1. The normalized spacial score (nSPS) is 21.9. The minimum Gasteiger partial charge on any atom is -0.285 e. The second kappa shape index (κ2) is 3.85. The van der Waals surface area contributed by atoms with E-state index in [1.54, 1.807) is 0 Å². The standard InChI is InChI=1S/C7H5ClF3N3OS/c8-3-1-4(15)14(2-3)6-13-12-5(16-6)7(9,10)11/h3H,1-2H2. The summed E-state index contributed by atoms with van der Waals surface area (Å²) in [6, 6.07) is 0. The molecule has 2 rings (SSSR count). The zero-order valence-corrected chi connectivity index (χ0v) is 9.23. The van der Waals surface area contributed by atoms with Gasteiger partial charge in [0.25, 0.3) is 0 Å². The van der Waals surface area contributed by atoms with E-state index in [-0.39, 0.29) is 29.4 Å². The van der Waals surface area contributed by atoms with Crippen LogP contribution in [-0.2, 0) is 11.0 Å². The molecule has 1 aromatic heterocycles. The average molecular weight is 272 g/mol. The fraction of sp³-hybridized carbons (Fsp3) is 0.571. The maximum Gasteiger partial charge on any atom is 0.445 e. The molecule has 16 heavy (non-hydrogen) atoms. The lowest BCUT2D eigenvalue weighted by atomic mass is 10.4. The molecule has 1 amide bonds. The largest absolute Gasteiger partial charge is 0.445 e. The minimum absolute atomic E-state index is 0.0551. The Morgan fingerprint density at radius 3 is 2.56 bits per heavy atom. The molecule has 1 aliphatic heterocycles. The molecule has 1 fully saturated rings. The van der Waals surface area contributed by atoms with E-state index < -0.39 is 11.2 Å². The second-order valence-electron chi connectivity index (χ2n) is 3.19. The molecule has 0 aromatic carbocycles. The summed E-state index contributed by atoms with van der Waals surface area (Å²) in [5, 5.41) is 4.84. The predicted molar refractivity (Wildman–Crippen MR) is 51.5 cm³/mol. The van der Waals surface area contributed by atoms with E-state index in [0.29, 0.717) is 11.3 Å². The minimum atomic E-state index is -4.53. The summed E-state index contributed by atoms with van der Waals surface area (Å²) in [4.78, 5) is 12.5. The quantitative estimate of drug-likeness (QED) is 0.733. The molecule has 0 aliphatic carbocycles. The van der Waals surface area contributed by atoms with E-state index in [2.05, 4.69) is 10.2 Å². The Labute approximate surface area is 97.0 Å². The molecule has 4 nitrogen and oxygen atoms in total. The molecule has 0 saturated carbocycles. The van der Waals surface area contributed by atoms with Gasteiger partial charge in [-0.1, -0.05) is 11.3 Å². The topological polar surface area (TPSA) is 46.1 Å². The molecule has 1 aliphatic rings. The first-order valence-electron chi connectivity index (χ1n) is 4.23. The lowest BCUT2D eigenvalue weighted by Crippen LogP contribution is -2.24. The zero-order valence-electron chi connectivity index (χ0n) is 7.66. The Morgan fingerprint density at radius 1 is 1.44 bits per heavy atom. The van der Waals surface area contributed by atoms with Crippen molar-refractivity contribution >= 4 is 34.0 Å². The summed E-state index contributed by atoms with van der Waals surface area (Å²) in [5.74, 6) is -0.329. The van der Waals surface area contributed by atoms with Crippen molar-refractivity contribution in [1.29, 1.82) is 0 Å². The summed E-state index contributed by atoms with van der Waals surface area (Å²) < 4.78 is 36.7. The Kier molecular flexibility index (Phi) is 2.79. The number of nitrogens with zero attached hydrogens (tertiary/aromatic N) is 3.